The van der Waals surface area contributed by atoms with Gasteiger partial charge in [0.15, 0.2) is 5.76 Å². The van der Waals surface area contributed by atoms with E-state index in [1.54, 1.807) is 18.2 Å². The van der Waals surface area contributed by atoms with Crippen molar-refractivity contribution in [1.82, 2.24) is 4.98 Å². The summed E-state index contributed by atoms with van der Waals surface area (Å²) in [5.74, 6) is 0.276. The molecular formula is C23H18F3N3O3S. The lowest BCUT2D eigenvalue weighted by atomic mass is 10.0. The number of hydrogen-bond donors (Lipinski definition) is 2. The Morgan fingerprint density at radius 2 is 1.52 bits per heavy atom. The highest BCUT2D eigenvalue weighted by atomic mass is 32.2. The zero-order valence-electron chi connectivity index (χ0n) is 17.2. The van der Waals surface area contributed by atoms with Gasteiger partial charge < -0.3 is 9.73 Å². The molecule has 1 aromatic heterocycles. The summed E-state index contributed by atoms with van der Waals surface area (Å²) in [6.45, 7) is 0. The van der Waals surface area contributed by atoms with Gasteiger partial charge in [-0.05, 0) is 29.8 Å². The number of halogens is 3. The van der Waals surface area contributed by atoms with E-state index in [1.165, 1.54) is 18.3 Å². The first kappa shape index (κ1) is 22.4. The lowest BCUT2D eigenvalue weighted by Crippen LogP contribution is -2.11. The number of hydrogen-bond acceptors (Lipinski definition) is 5. The third-order valence-corrected chi connectivity index (χ3v) is 5.26. The van der Waals surface area contributed by atoms with E-state index in [4.69, 9.17) is 4.42 Å². The second-order valence-electron chi connectivity index (χ2n) is 7.20. The van der Waals surface area contributed by atoms with Gasteiger partial charge in [0.25, 0.3) is 6.01 Å². The molecule has 6 nitrogen and oxygen atoms in total. The first-order valence-electron chi connectivity index (χ1n) is 9.67. The van der Waals surface area contributed by atoms with Crippen molar-refractivity contribution >= 4 is 27.4 Å². The van der Waals surface area contributed by atoms with Crippen LogP contribution >= 0.6 is 0 Å². The highest BCUT2D eigenvalue weighted by molar-refractivity contribution is 7.92. The Bertz CT molecular complexity index is 1370. The lowest BCUT2D eigenvalue weighted by molar-refractivity contribution is -0.137. The number of alkyl halides is 3. The summed E-state index contributed by atoms with van der Waals surface area (Å²) >= 11 is 0. The molecule has 0 radical (unpaired) electrons. The molecule has 0 saturated heterocycles. The Morgan fingerprint density at radius 3 is 2.15 bits per heavy atom. The number of rotatable bonds is 6. The van der Waals surface area contributed by atoms with E-state index in [2.05, 4.69) is 15.0 Å². The minimum Gasteiger partial charge on any atom is -0.423 e. The molecular weight excluding hydrogens is 455 g/mol. The van der Waals surface area contributed by atoms with E-state index in [-0.39, 0.29) is 11.8 Å². The number of nitrogens with one attached hydrogen (secondary N) is 2. The van der Waals surface area contributed by atoms with Crippen LogP contribution in [0.15, 0.2) is 83.4 Å². The van der Waals surface area contributed by atoms with E-state index < -0.39 is 21.8 Å². The standard InChI is InChI=1S/C23H18F3N3O3S/c1-33(30,31)29-19-9-5-8-18(21(19)16-6-3-2-4-7-16)28-22-27-14-20(32-22)15-10-12-17(13-11-15)23(24,25)26/h2-14,29H,1H3,(H,27,28). The maximum absolute atomic E-state index is 12.8. The predicted molar refractivity (Wildman–Crippen MR) is 121 cm³/mol. The molecule has 0 fully saturated rings. The molecule has 0 aliphatic rings. The summed E-state index contributed by atoms with van der Waals surface area (Å²) < 4.78 is 70.3. The molecule has 0 unspecified atom stereocenters. The maximum atomic E-state index is 12.8. The first-order valence-corrected chi connectivity index (χ1v) is 11.6. The summed E-state index contributed by atoms with van der Waals surface area (Å²) in [7, 11) is -3.54. The zero-order chi connectivity index (χ0) is 23.6. The highest BCUT2D eigenvalue weighted by Crippen LogP contribution is 2.38. The number of nitrogens with zero attached hydrogens (tertiary/aromatic N) is 1. The second kappa shape index (κ2) is 8.62. The van der Waals surface area contributed by atoms with Gasteiger partial charge in [0.05, 0.1) is 29.4 Å². The van der Waals surface area contributed by atoms with Crippen LogP contribution in [0.25, 0.3) is 22.5 Å². The van der Waals surface area contributed by atoms with Crippen molar-refractivity contribution in [3.63, 3.8) is 0 Å². The molecule has 0 aliphatic heterocycles. The topological polar surface area (TPSA) is 84.2 Å². The fourth-order valence-electron chi connectivity index (χ4n) is 3.26. The third kappa shape index (κ3) is 5.35. The molecule has 0 aliphatic carbocycles. The van der Waals surface area contributed by atoms with Gasteiger partial charge in [-0.1, -0.05) is 48.5 Å². The van der Waals surface area contributed by atoms with Gasteiger partial charge in [0.1, 0.15) is 0 Å². The first-order chi connectivity index (χ1) is 15.6. The SMILES string of the molecule is CS(=O)(=O)Nc1cccc(Nc2ncc(-c3ccc(C(F)(F)F)cc3)o2)c1-c1ccccc1. The molecule has 10 heteroatoms. The molecule has 0 atom stereocenters. The van der Waals surface area contributed by atoms with Crippen molar-refractivity contribution in [2.75, 3.05) is 16.3 Å². The van der Waals surface area contributed by atoms with Crippen LogP contribution in [0.3, 0.4) is 0 Å². The maximum Gasteiger partial charge on any atom is 0.416 e. The van der Waals surface area contributed by atoms with Crippen LogP contribution in [0.2, 0.25) is 0 Å². The molecule has 33 heavy (non-hydrogen) atoms. The van der Waals surface area contributed by atoms with Crippen molar-refractivity contribution in [2.45, 2.75) is 6.18 Å². The molecule has 2 N–H and O–H groups in total. The van der Waals surface area contributed by atoms with Crippen LogP contribution in [-0.2, 0) is 16.2 Å². The fourth-order valence-corrected chi connectivity index (χ4v) is 3.83. The van der Waals surface area contributed by atoms with E-state index in [1.807, 2.05) is 30.3 Å². The summed E-state index contributed by atoms with van der Waals surface area (Å²) in [4.78, 5) is 4.16. The molecule has 0 spiro atoms. The molecule has 0 saturated carbocycles. The predicted octanol–water partition coefficient (Wildman–Crippen LogP) is 6.14. The van der Waals surface area contributed by atoms with Gasteiger partial charge in [0.2, 0.25) is 10.0 Å². The Morgan fingerprint density at radius 1 is 0.848 bits per heavy atom. The molecule has 4 aromatic rings. The van der Waals surface area contributed by atoms with Crippen LogP contribution in [0.1, 0.15) is 5.56 Å². The van der Waals surface area contributed by atoms with Crippen LogP contribution in [0.5, 0.6) is 0 Å². The van der Waals surface area contributed by atoms with Crippen LogP contribution in [0, 0.1) is 0 Å². The number of anilines is 3. The highest BCUT2D eigenvalue weighted by Gasteiger charge is 2.30. The number of aromatic nitrogens is 1. The van der Waals surface area contributed by atoms with Crippen molar-refractivity contribution < 1.29 is 26.0 Å². The minimum absolute atomic E-state index is 0.0959. The number of benzene rings is 3. The van der Waals surface area contributed by atoms with Gasteiger partial charge in [-0.25, -0.2) is 13.4 Å². The Hall–Kier alpha value is -3.79. The van der Waals surface area contributed by atoms with Gasteiger partial charge >= 0.3 is 6.18 Å². The summed E-state index contributed by atoms with van der Waals surface area (Å²) in [6.07, 6.45) is -1.97. The monoisotopic (exact) mass is 473 g/mol. The van der Waals surface area contributed by atoms with E-state index in [0.717, 1.165) is 24.0 Å². The van der Waals surface area contributed by atoms with Gasteiger partial charge in [0, 0.05) is 11.1 Å². The Kier molecular flexibility index (Phi) is 5.86. The van der Waals surface area contributed by atoms with E-state index >= 15 is 0 Å². The average molecular weight is 473 g/mol. The number of oxazole rings is 1. The van der Waals surface area contributed by atoms with Gasteiger partial charge in [-0.2, -0.15) is 13.2 Å². The van der Waals surface area contributed by atoms with Crippen LogP contribution in [0.4, 0.5) is 30.6 Å². The molecule has 3 aromatic carbocycles. The Balaban J connectivity index is 1.68. The van der Waals surface area contributed by atoms with E-state index in [9.17, 15) is 21.6 Å². The smallest absolute Gasteiger partial charge is 0.416 e. The van der Waals surface area contributed by atoms with Crippen molar-refractivity contribution in [1.29, 1.82) is 0 Å². The second-order valence-corrected chi connectivity index (χ2v) is 8.95. The zero-order valence-corrected chi connectivity index (χ0v) is 18.0. The van der Waals surface area contributed by atoms with Gasteiger partial charge in [-0.3, -0.25) is 4.72 Å². The summed E-state index contributed by atoms with van der Waals surface area (Å²) in [5, 5.41) is 3.03. The van der Waals surface area contributed by atoms with Crippen LogP contribution < -0.4 is 10.0 Å². The Labute approximate surface area is 188 Å². The number of sulfonamides is 1. The fraction of sp³-hybridized carbons (Fsp3) is 0.0870. The minimum atomic E-state index is -4.43. The normalized spacial score (nSPS) is 11.9. The summed E-state index contributed by atoms with van der Waals surface area (Å²) in [5.41, 5.74) is 1.89. The average Bonchev–Trinajstić information content (AvgIpc) is 3.21. The molecule has 1 heterocycles. The molecule has 0 bridgehead atoms. The lowest BCUT2D eigenvalue weighted by Gasteiger charge is -2.16. The van der Waals surface area contributed by atoms with Crippen molar-refractivity contribution in [2.24, 2.45) is 0 Å². The molecule has 170 valence electrons. The third-order valence-electron chi connectivity index (χ3n) is 4.67. The van der Waals surface area contributed by atoms with Crippen molar-refractivity contribution in [3.8, 4) is 22.5 Å². The van der Waals surface area contributed by atoms with Gasteiger partial charge in [-0.15, -0.1) is 0 Å². The molecule has 0 amide bonds. The molecule has 4 rings (SSSR count). The van der Waals surface area contributed by atoms with Crippen LogP contribution in [-0.4, -0.2) is 19.7 Å². The van der Waals surface area contributed by atoms with E-state index in [0.29, 0.717) is 22.5 Å². The summed E-state index contributed by atoms with van der Waals surface area (Å²) in [6, 6.07) is 18.8. The quantitative estimate of drug-likeness (QED) is 0.351. The largest absolute Gasteiger partial charge is 0.423 e. The van der Waals surface area contributed by atoms with Crippen molar-refractivity contribution in [3.05, 3.63) is 84.6 Å².